The maximum atomic E-state index is 7.43. The largest absolute Gasteiger partial charge is 0.369 e. The van der Waals surface area contributed by atoms with Gasteiger partial charge in [-0.3, -0.25) is 0 Å². The van der Waals surface area contributed by atoms with Crippen molar-refractivity contribution in [3.63, 3.8) is 0 Å². The zero-order chi connectivity index (χ0) is 10.6. The summed E-state index contributed by atoms with van der Waals surface area (Å²) in [5, 5.41) is 7.43. The molecule has 78 valence electrons. The fourth-order valence-electron chi connectivity index (χ4n) is 1.57. The number of nitrogens with one attached hydrogen (secondary N) is 1. The van der Waals surface area contributed by atoms with E-state index in [1.165, 1.54) is 0 Å². The van der Waals surface area contributed by atoms with Crippen molar-refractivity contribution in [3.05, 3.63) is 24.4 Å². The van der Waals surface area contributed by atoms with Gasteiger partial charge in [0, 0.05) is 37.6 Å². The molecule has 1 N–H and O–H groups in total. The minimum atomic E-state index is 0.582. The van der Waals surface area contributed by atoms with Crippen molar-refractivity contribution in [2.45, 2.75) is 6.92 Å². The topological polar surface area (TPSA) is 30.3 Å². The number of hydrogen-bond donors (Lipinski definition) is 1. The predicted octanol–water partition coefficient (Wildman–Crippen LogP) is 1.34. The van der Waals surface area contributed by atoms with E-state index in [1.807, 2.05) is 12.2 Å². The molecule has 0 saturated carbocycles. The van der Waals surface area contributed by atoms with E-state index in [0.29, 0.717) is 5.71 Å². The molecule has 3 heteroatoms. The monoisotopic (exact) mass is 193 g/mol. The summed E-state index contributed by atoms with van der Waals surface area (Å²) in [6.07, 6.45) is 3.71. The van der Waals surface area contributed by atoms with E-state index in [4.69, 9.17) is 5.41 Å². The molecule has 3 nitrogen and oxygen atoms in total. The van der Waals surface area contributed by atoms with Gasteiger partial charge in [-0.05, 0) is 26.1 Å². The third-order valence-electron chi connectivity index (χ3n) is 2.44. The van der Waals surface area contributed by atoms with E-state index in [9.17, 15) is 0 Å². The molecule has 0 amide bonds. The maximum Gasteiger partial charge on any atom is 0.0379 e. The average molecular weight is 193 g/mol. The summed E-state index contributed by atoms with van der Waals surface area (Å²) in [6.45, 7) is 9.81. The van der Waals surface area contributed by atoms with Gasteiger partial charge in [0.1, 0.15) is 0 Å². The second kappa shape index (κ2) is 4.96. The van der Waals surface area contributed by atoms with Crippen molar-refractivity contribution in [1.82, 2.24) is 9.80 Å². The highest BCUT2D eigenvalue weighted by atomic mass is 15.2. The molecule has 0 unspecified atom stereocenters. The van der Waals surface area contributed by atoms with Crippen molar-refractivity contribution in [3.8, 4) is 0 Å². The lowest BCUT2D eigenvalue weighted by Gasteiger charge is -2.34. The van der Waals surface area contributed by atoms with Crippen molar-refractivity contribution in [1.29, 1.82) is 5.41 Å². The molecular formula is C11H19N3. The number of likely N-dealkylation sites (N-methyl/N-ethyl adjacent to an activating group) is 1. The van der Waals surface area contributed by atoms with Gasteiger partial charge in [-0.15, -0.1) is 0 Å². The van der Waals surface area contributed by atoms with Crippen LogP contribution in [0.2, 0.25) is 0 Å². The third-order valence-corrected chi connectivity index (χ3v) is 2.44. The third kappa shape index (κ3) is 3.00. The van der Waals surface area contributed by atoms with Gasteiger partial charge in [0.15, 0.2) is 0 Å². The molecule has 1 aliphatic heterocycles. The molecule has 0 bridgehead atoms. The van der Waals surface area contributed by atoms with Crippen molar-refractivity contribution < 1.29 is 0 Å². The summed E-state index contributed by atoms with van der Waals surface area (Å²) < 4.78 is 0. The highest BCUT2D eigenvalue weighted by Gasteiger charge is 2.14. The maximum absolute atomic E-state index is 7.43. The lowest BCUT2D eigenvalue weighted by atomic mass is 10.2. The SMILES string of the molecule is C=C/C(=C\C(C)=N)N1CCN(C)CC1. The number of nitrogens with zero attached hydrogens (tertiary/aromatic N) is 2. The van der Waals surface area contributed by atoms with Crippen LogP contribution in [0.4, 0.5) is 0 Å². The summed E-state index contributed by atoms with van der Waals surface area (Å²) in [5.74, 6) is 0. The molecule has 1 aliphatic rings. The molecule has 1 rings (SSSR count). The molecule has 0 aromatic heterocycles. The first-order valence-electron chi connectivity index (χ1n) is 4.96. The average Bonchev–Trinajstić information content (AvgIpc) is 2.15. The molecule has 0 aliphatic carbocycles. The van der Waals surface area contributed by atoms with Crippen LogP contribution in [-0.2, 0) is 0 Å². The number of piperazine rings is 1. The van der Waals surface area contributed by atoms with Crippen LogP contribution in [0.1, 0.15) is 6.92 Å². The fourth-order valence-corrected chi connectivity index (χ4v) is 1.57. The van der Waals surface area contributed by atoms with Gasteiger partial charge in [-0.25, -0.2) is 0 Å². The highest BCUT2D eigenvalue weighted by Crippen LogP contribution is 2.09. The summed E-state index contributed by atoms with van der Waals surface area (Å²) in [7, 11) is 2.14. The summed E-state index contributed by atoms with van der Waals surface area (Å²) in [6, 6.07) is 0. The Labute approximate surface area is 86.2 Å². The second-order valence-corrected chi connectivity index (χ2v) is 3.75. The van der Waals surface area contributed by atoms with E-state index in [2.05, 4.69) is 23.4 Å². The quantitative estimate of drug-likeness (QED) is 0.541. The van der Waals surface area contributed by atoms with Crippen molar-refractivity contribution >= 4 is 5.71 Å². The molecule has 14 heavy (non-hydrogen) atoms. The van der Waals surface area contributed by atoms with Gasteiger partial charge in [0.05, 0.1) is 0 Å². The highest BCUT2D eigenvalue weighted by molar-refractivity contribution is 5.90. The fraction of sp³-hybridized carbons (Fsp3) is 0.545. The van der Waals surface area contributed by atoms with Crippen LogP contribution in [0, 0.1) is 5.41 Å². The number of allylic oxidation sites excluding steroid dienone is 2. The van der Waals surface area contributed by atoms with Crippen LogP contribution in [0.5, 0.6) is 0 Å². The standard InChI is InChI=1S/C11H19N3/c1-4-11(9-10(2)12)14-7-5-13(3)6-8-14/h4,9,12H,1,5-8H2,2-3H3/b11-9+,12-10?. The first-order valence-corrected chi connectivity index (χ1v) is 4.96. The summed E-state index contributed by atoms with van der Waals surface area (Å²) in [5.41, 5.74) is 1.66. The predicted molar refractivity (Wildman–Crippen MR) is 60.8 cm³/mol. The minimum absolute atomic E-state index is 0.582. The van der Waals surface area contributed by atoms with Gasteiger partial charge in [-0.1, -0.05) is 6.58 Å². The molecule has 0 spiro atoms. The molecule has 0 aromatic carbocycles. The Kier molecular flexibility index (Phi) is 3.89. The Morgan fingerprint density at radius 2 is 1.86 bits per heavy atom. The Bertz CT molecular complexity index is 247. The van der Waals surface area contributed by atoms with Crippen LogP contribution in [-0.4, -0.2) is 48.7 Å². The normalized spacial score (nSPS) is 19.6. The van der Waals surface area contributed by atoms with E-state index in [-0.39, 0.29) is 0 Å². The molecule has 0 aromatic rings. The molecule has 1 fully saturated rings. The Morgan fingerprint density at radius 1 is 1.29 bits per heavy atom. The Morgan fingerprint density at radius 3 is 2.29 bits per heavy atom. The lowest BCUT2D eigenvalue weighted by Crippen LogP contribution is -2.43. The van der Waals surface area contributed by atoms with Gasteiger partial charge >= 0.3 is 0 Å². The minimum Gasteiger partial charge on any atom is -0.369 e. The van der Waals surface area contributed by atoms with Crippen LogP contribution in [0.25, 0.3) is 0 Å². The molecule has 1 heterocycles. The van der Waals surface area contributed by atoms with Gasteiger partial charge in [0.2, 0.25) is 0 Å². The smallest absolute Gasteiger partial charge is 0.0379 e. The van der Waals surface area contributed by atoms with Gasteiger partial charge < -0.3 is 15.2 Å². The Balaban J connectivity index is 2.62. The number of hydrogen-bond acceptors (Lipinski definition) is 3. The van der Waals surface area contributed by atoms with E-state index in [0.717, 1.165) is 31.9 Å². The molecule has 0 radical (unpaired) electrons. The number of rotatable bonds is 3. The van der Waals surface area contributed by atoms with Crippen molar-refractivity contribution in [2.24, 2.45) is 0 Å². The van der Waals surface area contributed by atoms with Crippen LogP contribution < -0.4 is 0 Å². The van der Waals surface area contributed by atoms with E-state index >= 15 is 0 Å². The van der Waals surface area contributed by atoms with E-state index in [1.54, 1.807) is 6.92 Å². The zero-order valence-corrected chi connectivity index (χ0v) is 9.08. The second-order valence-electron chi connectivity index (χ2n) is 3.75. The summed E-state index contributed by atoms with van der Waals surface area (Å²) >= 11 is 0. The van der Waals surface area contributed by atoms with Crippen LogP contribution in [0.3, 0.4) is 0 Å². The van der Waals surface area contributed by atoms with Crippen molar-refractivity contribution in [2.75, 3.05) is 33.2 Å². The Hall–Kier alpha value is -1.09. The molecular weight excluding hydrogens is 174 g/mol. The lowest BCUT2D eigenvalue weighted by molar-refractivity contribution is 0.190. The summed E-state index contributed by atoms with van der Waals surface area (Å²) in [4.78, 5) is 4.60. The zero-order valence-electron chi connectivity index (χ0n) is 9.08. The van der Waals surface area contributed by atoms with Crippen LogP contribution in [0.15, 0.2) is 24.4 Å². The first-order chi connectivity index (χ1) is 6.63. The van der Waals surface area contributed by atoms with E-state index < -0.39 is 0 Å². The molecule has 1 saturated heterocycles. The van der Waals surface area contributed by atoms with Gasteiger partial charge in [0.25, 0.3) is 0 Å². The van der Waals surface area contributed by atoms with Crippen LogP contribution >= 0.6 is 0 Å². The van der Waals surface area contributed by atoms with Gasteiger partial charge in [-0.2, -0.15) is 0 Å². The molecule has 0 atom stereocenters. The first kappa shape index (κ1) is 11.0.